The Labute approximate surface area is 115 Å². The fourth-order valence-corrected chi connectivity index (χ4v) is 1.95. The molecule has 102 valence electrons. The Morgan fingerprint density at radius 3 is 2.63 bits per heavy atom. The van der Waals surface area contributed by atoms with Crippen molar-refractivity contribution in [2.24, 2.45) is 0 Å². The maximum Gasteiger partial charge on any atom is 0.314 e. The number of halogens is 1. The summed E-state index contributed by atoms with van der Waals surface area (Å²) < 4.78 is 0. The van der Waals surface area contributed by atoms with Gasteiger partial charge in [-0.1, -0.05) is 11.6 Å². The molecule has 2 rings (SSSR count). The molecule has 0 aromatic carbocycles. The lowest BCUT2D eigenvalue weighted by Crippen LogP contribution is -2.46. The monoisotopic (exact) mass is 282 g/mol. The summed E-state index contributed by atoms with van der Waals surface area (Å²) in [6.07, 6.45) is 3.07. The summed E-state index contributed by atoms with van der Waals surface area (Å²) in [5.74, 6) is -1.05. The SMILES string of the molecule is O=C(Nc1ccc(Cl)cn1)C(=O)NC1CCNCC1. The number of rotatable bonds is 2. The van der Waals surface area contributed by atoms with Gasteiger partial charge in [-0.05, 0) is 38.1 Å². The predicted octanol–water partition coefficient (Wildman–Crippen LogP) is 0.542. The lowest BCUT2D eigenvalue weighted by molar-refractivity contribution is -0.136. The van der Waals surface area contributed by atoms with E-state index in [-0.39, 0.29) is 6.04 Å². The Kier molecular flexibility index (Phi) is 4.70. The smallest absolute Gasteiger partial charge is 0.314 e. The van der Waals surface area contributed by atoms with Crippen molar-refractivity contribution in [1.82, 2.24) is 15.6 Å². The fraction of sp³-hybridized carbons (Fsp3) is 0.417. The Morgan fingerprint density at radius 2 is 2.00 bits per heavy atom. The normalized spacial score (nSPS) is 15.8. The summed E-state index contributed by atoms with van der Waals surface area (Å²) in [6.45, 7) is 1.70. The first-order chi connectivity index (χ1) is 9.15. The molecular formula is C12H15ClN4O2. The van der Waals surface area contributed by atoms with Crippen LogP contribution in [-0.4, -0.2) is 35.9 Å². The summed E-state index contributed by atoms with van der Waals surface area (Å²) in [5, 5.41) is 8.79. The van der Waals surface area contributed by atoms with E-state index in [1.165, 1.54) is 12.3 Å². The van der Waals surface area contributed by atoms with Crippen molar-refractivity contribution in [1.29, 1.82) is 0 Å². The molecule has 1 aromatic rings. The largest absolute Gasteiger partial charge is 0.345 e. The Bertz CT molecular complexity index is 457. The molecule has 7 heteroatoms. The molecule has 0 saturated carbocycles. The molecule has 6 nitrogen and oxygen atoms in total. The maximum absolute atomic E-state index is 11.7. The molecule has 3 N–H and O–H groups in total. The number of hydrogen-bond acceptors (Lipinski definition) is 4. The predicted molar refractivity (Wildman–Crippen MR) is 71.9 cm³/mol. The summed E-state index contributed by atoms with van der Waals surface area (Å²) >= 11 is 5.68. The molecule has 0 atom stereocenters. The van der Waals surface area contributed by atoms with Gasteiger partial charge in [0.2, 0.25) is 0 Å². The van der Waals surface area contributed by atoms with Crippen molar-refractivity contribution in [3.05, 3.63) is 23.4 Å². The van der Waals surface area contributed by atoms with Gasteiger partial charge in [0.1, 0.15) is 5.82 Å². The van der Waals surface area contributed by atoms with Crippen molar-refractivity contribution in [2.45, 2.75) is 18.9 Å². The molecule has 0 unspecified atom stereocenters. The molecule has 1 aromatic heterocycles. The number of pyridine rings is 1. The number of nitrogens with zero attached hydrogens (tertiary/aromatic N) is 1. The summed E-state index contributed by atoms with van der Waals surface area (Å²) in [6, 6.07) is 3.19. The van der Waals surface area contributed by atoms with Crippen molar-refractivity contribution >= 4 is 29.2 Å². The van der Waals surface area contributed by atoms with E-state index in [9.17, 15) is 9.59 Å². The van der Waals surface area contributed by atoms with Gasteiger partial charge >= 0.3 is 11.8 Å². The van der Waals surface area contributed by atoms with E-state index in [1.54, 1.807) is 6.07 Å². The van der Waals surface area contributed by atoms with Gasteiger partial charge in [0.15, 0.2) is 0 Å². The first-order valence-electron chi connectivity index (χ1n) is 6.09. The zero-order valence-corrected chi connectivity index (χ0v) is 11.0. The standard InChI is InChI=1S/C12H15ClN4O2/c13-8-1-2-10(15-7-8)17-12(19)11(18)16-9-3-5-14-6-4-9/h1-2,7,9,14H,3-6H2,(H,16,18)(H,15,17,19). The Morgan fingerprint density at radius 1 is 1.26 bits per heavy atom. The Balaban J connectivity index is 1.84. The minimum atomic E-state index is -0.714. The van der Waals surface area contributed by atoms with Crippen LogP contribution in [0.2, 0.25) is 5.02 Å². The molecular weight excluding hydrogens is 268 g/mol. The zero-order valence-electron chi connectivity index (χ0n) is 10.3. The topological polar surface area (TPSA) is 83.1 Å². The van der Waals surface area contributed by atoms with E-state index in [0.717, 1.165) is 25.9 Å². The second-order valence-electron chi connectivity index (χ2n) is 4.31. The highest BCUT2D eigenvalue weighted by atomic mass is 35.5. The number of carbonyl (C=O) groups is 2. The lowest BCUT2D eigenvalue weighted by Gasteiger charge is -2.23. The van der Waals surface area contributed by atoms with E-state index in [1.807, 2.05) is 0 Å². The van der Waals surface area contributed by atoms with Crippen molar-refractivity contribution in [3.63, 3.8) is 0 Å². The quantitative estimate of drug-likeness (QED) is 0.692. The molecule has 2 amide bonds. The van der Waals surface area contributed by atoms with E-state index in [2.05, 4.69) is 20.9 Å². The lowest BCUT2D eigenvalue weighted by atomic mass is 10.1. The van der Waals surface area contributed by atoms with Crippen LogP contribution in [0.3, 0.4) is 0 Å². The minimum absolute atomic E-state index is 0.0534. The average molecular weight is 283 g/mol. The minimum Gasteiger partial charge on any atom is -0.345 e. The van der Waals surface area contributed by atoms with E-state index in [0.29, 0.717) is 10.8 Å². The van der Waals surface area contributed by atoms with Crippen LogP contribution in [0, 0.1) is 0 Å². The second kappa shape index (κ2) is 6.49. The van der Waals surface area contributed by atoms with Gasteiger partial charge in [0.25, 0.3) is 0 Å². The number of anilines is 1. The van der Waals surface area contributed by atoms with Gasteiger partial charge in [-0.25, -0.2) is 4.98 Å². The van der Waals surface area contributed by atoms with Crippen LogP contribution in [-0.2, 0) is 9.59 Å². The average Bonchev–Trinajstić information content (AvgIpc) is 2.42. The molecule has 1 saturated heterocycles. The molecule has 1 aliphatic heterocycles. The third kappa shape index (κ3) is 4.18. The molecule has 0 bridgehead atoms. The van der Waals surface area contributed by atoms with Gasteiger partial charge in [0.05, 0.1) is 5.02 Å². The molecule has 0 aliphatic carbocycles. The van der Waals surface area contributed by atoms with Crippen molar-refractivity contribution < 1.29 is 9.59 Å². The first-order valence-corrected chi connectivity index (χ1v) is 6.47. The number of aromatic nitrogens is 1. The zero-order chi connectivity index (χ0) is 13.7. The second-order valence-corrected chi connectivity index (χ2v) is 4.75. The molecule has 0 radical (unpaired) electrons. The molecule has 1 aliphatic rings. The van der Waals surface area contributed by atoms with E-state index < -0.39 is 11.8 Å². The van der Waals surface area contributed by atoms with Crippen molar-refractivity contribution in [3.8, 4) is 0 Å². The molecule has 2 heterocycles. The number of piperidine rings is 1. The third-order valence-electron chi connectivity index (χ3n) is 2.85. The highest BCUT2D eigenvalue weighted by Gasteiger charge is 2.20. The highest BCUT2D eigenvalue weighted by Crippen LogP contribution is 2.09. The van der Waals surface area contributed by atoms with Gasteiger partial charge in [-0.3, -0.25) is 9.59 Å². The maximum atomic E-state index is 11.7. The van der Waals surface area contributed by atoms with Crippen LogP contribution >= 0.6 is 11.6 Å². The number of nitrogens with one attached hydrogen (secondary N) is 3. The van der Waals surface area contributed by atoms with Gasteiger partial charge in [-0.2, -0.15) is 0 Å². The van der Waals surface area contributed by atoms with E-state index >= 15 is 0 Å². The van der Waals surface area contributed by atoms with Crippen LogP contribution in [0.15, 0.2) is 18.3 Å². The summed E-state index contributed by atoms with van der Waals surface area (Å²) in [5.41, 5.74) is 0. The Hall–Kier alpha value is -1.66. The van der Waals surface area contributed by atoms with Gasteiger partial charge in [0, 0.05) is 12.2 Å². The van der Waals surface area contributed by atoms with Crippen LogP contribution in [0.5, 0.6) is 0 Å². The number of hydrogen-bond donors (Lipinski definition) is 3. The highest BCUT2D eigenvalue weighted by molar-refractivity contribution is 6.39. The third-order valence-corrected chi connectivity index (χ3v) is 3.07. The number of amides is 2. The fourth-order valence-electron chi connectivity index (χ4n) is 1.84. The van der Waals surface area contributed by atoms with Crippen molar-refractivity contribution in [2.75, 3.05) is 18.4 Å². The van der Waals surface area contributed by atoms with Gasteiger partial charge < -0.3 is 16.0 Å². The van der Waals surface area contributed by atoms with Crippen LogP contribution in [0.4, 0.5) is 5.82 Å². The van der Waals surface area contributed by atoms with Gasteiger partial charge in [-0.15, -0.1) is 0 Å². The first kappa shape index (κ1) is 13.8. The summed E-state index contributed by atoms with van der Waals surface area (Å²) in [7, 11) is 0. The summed E-state index contributed by atoms with van der Waals surface area (Å²) in [4.78, 5) is 27.2. The van der Waals surface area contributed by atoms with Crippen LogP contribution in [0.1, 0.15) is 12.8 Å². The van der Waals surface area contributed by atoms with Crippen LogP contribution in [0.25, 0.3) is 0 Å². The molecule has 19 heavy (non-hydrogen) atoms. The van der Waals surface area contributed by atoms with E-state index in [4.69, 9.17) is 11.6 Å². The number of carbonyl (C=O) groups excluding carboxylic acids is 2. The molecule has 1 fully saturated rings. The van der Waals surface area contributed by atoms with Crippen LogP contribution < -0.4 is 16.0 Å². The molecule has 0 spiro atoms.